The van der Waals surface area contributed by atoms with Gasteiger partial charge in [-0.25, -0.2) is 0 Å². The predicted octanol–water partition coefficient (Wildman–Crippen LogP) is 2.74. The Morgan fingerprint density at radius 2 is 1.64 bits per heavy atom. The molecule has 1 unspecified atom stereocenters. The van der Waals surface area contributed by atoms with Crippen molar-refractivity contribution in [3.8, 4) is 0 Å². The molecule has 1 N–H and O–H groups in total. The Labute approximate surface area is 82.6 Å². The molecule has 0 fully saturated rings. The molecule has 0 rings (SSSR count). The number of nitrogens with one attached hydrogen (secondary N) is 1. The fraction of sp³-hybridized carbons (Fsp3) is 0.889. The Bertz CT molecular complexity index is 213. The quantitative estimate of drug-likeness (QED) is 0.522. The van der Waals surface area contributed by atoms with E-state index in [0.717, 1.165) is 6.92 Å². The maximum atomic E-state index is 12.1. The van der Waals surface area contributed by atoms with E-state index in [2.05, 4.69) is 10.3 Å². The number of aliphatic imine (C=N–C) groups is 1. The predicted molar refractivity (Wildman–Crippen MR) is 51.5 cm³/mol. The molecular formula is C9H17F3N2. The van der Waals surface area contributed by atoms with Gasteiger partial charge in [-0.15, -0.1) is 0 Å². The zero-order valence-electron chi connectivity index (χ0n) is 9.16. The van der Waals surface area contributed by atoms with Crippen molar-refractivity contribution in [3.05, 3.63) is 0 Å². The van der Waals surface area contributed by atoms with E-state index in [1.807, 2.05) is 20.8 Å². The highest BCUT2D eigenvalue weighted by Gasteiger charge is 2.35. The zero-order valence-corrected chi connectivity index (χ0v) is 9.16. The Morgan fingerprint density at radius 3 is 1.93 bits per heavy atom. The van der Waals surface area contributed by atoms with Gasteiger partial charge in [0.15, 0.2) is 0 Å². The van der Waals surface area contributed by atoms with Crippen LogP contribution >= 0.6 is 0 Å². The van der Waals surface area contributed by atoms with Crippen molar-refractivity contribution < 1.29 is 13.2 Å². The molecule has 0 saturated heterocycles. The molecule has 0 aliphatic carbocycles. The Morgan fingerprint density at radius 1 is 1.21 bits per heavy atom. The molecule has 0 radical (unpaired) electrons. The summed E-state index contributed by atoms with van der Waals surface area (Å²) in [4.78, 5) is 3.51. The molecule has 0 aliphatic heterocycles. The largest absolute Gasteiger partial charge is 0.410 e. The Hall–Kier alpha value is -0.740. The van der Waals surface area contributed by atoms with Gasteiger partial charge in [0.05, 0.1) is 5.84 Å². The van der Waals surface area contributed by atoms with Gasteiger partial charge in [0.2, 0.25) is 0 Å². The normalized spacial score (nSPS) is 16.7. The van der Waals surface area contributed by atoms with Crippen LogP contribution in [0.25, 0.3) is 0 Å². The second-order valence-electron chi connectivity index (χ2n) is 4.31. The summed E-state index contributed by atoms with van der Waals surface area (Å²) >= 11 is 0. The molecule has 0 aromatic heterocycles. The van der Waals surface area contributed by atoms with Gasteiger partial charge >= 0.3 is 6.18 Å². The van der Waals surface area contributed by atoms with Gasteiger partial charge in [0.1, 0.15) is 6.04 Å². The summed E-state index contributed by atoms with van der Waals surface area (Å²) in [5.74, 6) is 0.308. The van der Waals surface area contributed by atoms with Gasteiger partial charge in [0, 0.05) is 5.54 Å². The molecule has 14 heavy (non-hydrogen) atoms. The van der Waals surface area contributed by atoms with Crippen LogP contribution in [0, 0.1) is 0 Å². The van der Waals surface area contributed by atoms with Crippen LogP contribution < -0.4 is 5.32 Å². The number of hydrogen-bond donors (Lipinski definition) is 1. The molecule has 1 atom stereocenters. The minimum Gasteiger partial charge on any atom is -0.369 e. The van der Waals surface area contributed by atoms with E-state index < -0.39 is 12.2 Å². The van der Waals surface area contributed by atoms with Crippen molar-refractivity contribution >= 4 is 5.84 Å². The average molecular weight is 210 g/mol. The van der Waals surface area contributed by atoms with Crippen LogP contribution in [-0.4, -0.2) is 23.6 Å². The monoisotopic (exact) mass is 210 g/mol. The summed E-state index contributed by atoms with van der Waals surface area (Å²) in [6.45, 7) is 8.17. The first-order valence-corrected chi connectivity index (χ1v) is 4.41. The summed E-state index contributed by atoms with van der Waals surface area (Å²) in [6, 6.07) is -1.66. The van der Waals surface area contributed by atoms with Gasteiger partial charge in [-0.2, -0.15) is 13.2 Å². The van der Waals surface area contributed by atoms with Crippen LogP contribution in [0.4, 0.5) is 13.2 Å². The van der Waals surface area contributed by atoms with E-state index in [0.29, 0.717) is 5.84 Å². The molecule has 0 amide bonds. The van der Waals surface area contributed by atoms with Gasteiger partial charge < -0.3 is 5.32 Å². The maximum absolute atomic E-state index is 12.1. The fourth-order valence-corrected chi connectivity index (χ4v) is 0.939. The van der Waals surface area contributed by atoms with Gasteiger partial charge in [-0.1, -0.05) is 0 Å². The number of nitrogens with zero attached hydrogens (tertiary/aromatic N) is 1. The van der Waals surface area contributed by atoms with E-state index in [-0.39, 0.29) is 5.54 Å². The van der Waals surface area contributed by atoms with Crippen LogP contribution in [0.5, 0.6) is 0 Å². The van der Waals surface area contributed by atoms with Crippen molar-refractivity contribution in [2.75, 3.05) is 0 Å². The van der Waals surface area contributed by atoms with Crippen molar-refractivity contribution in [3.63, 3.8) is 0 Å². The van der Waals surface area contributed by atoms with Gasteiger partial charge in [-0.3, -0.25) is 4.99 Å². The summed E-state index contributed by atoms with van der Waals surface area (Å²) in [6.07, 6.45) is -4.26. The van der Waals surface area contributed by atoms with Crippen LogP contribution in [0.15, 0.2) is 4.99 Å². The molecule has 0 aliphatic rings. The summed E-state index contributed by atoms with van der Waals surface area (Å²) in [5, 5.41) is 2.87. The summed E-state index contributed by atoms with van der Waals surface area (Å²) in [5.41, 5.74) is -0.265. The maximum Gasteiger partial charge on any atom is 0.410 e. The van der Waals surface area contributed by atoms with Crippen molar-refractivity contribution in [1.29, 1.82) is 0 Å². The van der Waals surface area contributed by atoms with Gasteiger partial charge in [-0.05, 0) is 34.6 Å². The molecular weight excluding hydrogens is 193 g/mol. The van der Waals surface area contributed by atoms with E-state index >= 15 is 0 Å². The highest BCUT2D eigenvalue weighted by molar-refractivity contribution is 5.80. The highest BCUT2D eigenvalue weighted by Crippen LogP contribution is 2.22. The molecule has 0 saturated carbocycles. The lowest BCUT2D eigenvalue weighted by Crippen LogP contribution is -2.40. The zero-order chi connectivity index (χ0) is 11.6. The van der Waals surface area contributed by atoms with Crippen molar-refractivity contribution in [1.82, 2.24) is 5.32 Å². The van der Waals surface area contributed by atoms with Crippen LogP contribution in [0.2, 0.25) is 0 Å². The molecule has 2 nitrogen and oxygen atoms in total. The van der Waals surface area contributed by atoms with Crippen molar-refractivity contribution in [2.45, 2.75) is 52.4 Å². The smallest absolute Gasteiger partial charge is 0.369 e. The number of hydrogen-bond acceptors (Lipinski definition) is 1. The standard InChI is InChI=1S/C9H17F3N2/c1-6(9(10,11)12)13-7(2)14-8(3,4)5/h6H,1-5H3,(H,13,14). The number of alkyl halides is 3. The summed E-state index contributed by atoms with van der Waals surface area (Å²) in [7, 11) is 0. The van der Waals surface area contributed by atoms with Crippen LogP contribution in [-0.2, 0) is 0 Å². The van der Waals surface area contributed by atoms with E-state index in [9.17, 15) is 13.2 Å². The Balaban J connectivity index is 4.39. The molecule has 5 heteroatoms. The van der Waals surface area contributed by atoms with Gasteiger partial charge in [0.25, 0.3) is 0 Å². The van der Waals surface area contributed by atoms with E-state index in [4.69, 9.17) is 0 Å². The number of amidine groups is 1. The minimum atomic E-state index is -4.26. The topological polar surface area (TPSA) is 24.4 Å². The second-order valence-corrected chi connectivity index (χ2v) is 4.31. The highest BCUT2D eigenvalue weighted by atomic mass is 19.4. The molecule has 84 valence electrons. The molecule has 0 aromatic carbocycles. The first-order valence-electron chi connectivity index (χ1n) is 4.41. The third-order valence-electron chi connectivity index (χ3n) is 1.42. The average Bonchev–Trinajstić information content (AvgIpc) is 1.79. The summed E-state index contributed by atoms with van der Waals surface area (Å²) < 4.78 is 36.3. The van der Waals surface area contributed by atoms with Crippen molar-refractivity contribution in [2.24, 2.45) is 4.99 Å². The van der Waals surface area contributed by atoms with E-state index in [1.54, 1.807) is 0 Å². The molecule has 0 spiro atoms. The van der Waals surface area contributed by atoms with Crippen LogP contribution in [0.1, 0.15) is 34.6 Å². The SMILES string of the molecule is CC(=NC(C)C(F)(F)F)NC(C)(C)C. The first kappa shape index (κ1) is 13.3. The van der Waals surface area contributed by atoms with E-state index in [1.165, 1.54) is 6.92 Å². The molecule has 0 heterocycles. The number of rotatable bonds is 1. The fourth-order valence-electron chi connectivity index (χ4n) is 0.939. The number of halogens is 3. The molecule has 0 aromatic rings. The lowest BCUT2D eigenvalue weighted by molar-refractivity contribution is -0.142. The second kappa shape index (κ2) is 4.19. The lowest BCUT2D eigenvalue weighted by atomic mass is 10.1. The first-order chi connectivity index (χ1) is 6.02. The third-order valence-corrected chi connectivity index (χ3v) is 1.42. The Kier molecular flexibility index (Phi) is 3.97. The molecule has 0 bridgehead atoms. The third kappa shape index (κ3) is 5.83. The van der Waals surface area contributed by atoms with Crippen LogP contribution in [0.3, 0.4) is 0 Å². The minimum absolute atomic E-state index is 0.265. The lowest BCUT2D eigenvalue weighted by Gasteiger charge is -2.22.